The summed E-state index contributed by atoms with van der Waals surface area (Å²) in [6.45, 7) is 0.550. The van der Waals surface area contributed by atoms with Crippen LogP contribution < -0.4 is 14.8 Å². The predicted molar refractivity (Wildman–Crippen MR) is 133 cm³/mol. The highest BCUT2D eigenvalue weighted by atomic mass is 32.2. The van der Waals surface area contributed by atoms with Crippen LogP contribution in [0.4, 0.5) is 5.69 Å². The zero-order chi connectivity index (χ0) is 22.9. The summed E-state index contributed by atoms with van der Waals surface area (Å²) in [6.07, 6.45) is 4.61. The van der Waals surface area contributed by atoms with Crippen LogP contribution in [-0.4, -0.2) is 41.8 Å². The molecule has 0 bridgehead atoms. The first kappa shape index (κ1) is 23.8. The lowest BCUT2D eigenvalue weighted by Gasteiger charge is -2.14. The SMILES string of the molecule is COc1ccc(NC(=O)CCCCCN2C(=O)/C(=C/c3ccccc3OC)SC2=S)cc1. The molecular formula is C24H26N2O4S2. The van der Waals surface area contributed by atoms with Crippen LogP contribution in [0.1, 0.15) is 31.2 Å². The molecule has 1 saturated heterocycles. The Balaban J connectivity index is 1.42. The number of carbonyl (C=O) groups is 2. The van der Waals surface area contributed by atoms with E-state index in [1.165, 1.54) is 11.8 Å². The highest BCUT2D eigenvalue weighted by Crippen LogP contribution is 2.34. The van der Waals surface area contributed by atoms with Crippen LogP contribution in [0.25, 0.3) is 6.08 Å². The van der Waals surface area contributed by atoms with Gasteiger partial charge in [-0.25, -0.2) is 0 Å². The van der Waals surface area contributed by atoms with Gasteiger partial charge in [-0.15, -0.1) is 0 Å². The maximum absolute atomic E-state index is 12.8. The van der Waals surface area contributed by atoms with Crippen LogP contribution in [-0.2, 0) is 9.59 Å². The number of para-hydroxylation sites is 1. The van der Waals surface area contributed by atoms with Gasteiger partial charge in [-0.2, -0.15) is 0 Å². The zero-order valence-electron chi connectivity index (χ0n) is 18.1. The van der Waals surface area contributed by atoms with Gasteiger partial charge in [0, 0.05) is 24.2 Å². The van der Waals surface area contributed by atoms with Crippen molar-refractivity contribution in [3.8, 4) is 11.5 Å². The summed E-state index contributed by atoms with van der Waals surface area (Å²) in [5, 5.41) is 2.88. The number of nitrogens with one attached hydrogen (secondary N) is 1. The number of methoxy groups -OCH3 is 2. The van der Waals surface area contributed by atoms with Crippen LogP contribution in [0.5, 0.6) is 11.5 Å². The number of benzene rings is 2. The van der Waals surface area contributed by atoms with Crippen LogP contribution in [0.2, 0.25) is 0 Å². The lowest BCUT2D eigenvalue weighted by Crippen LogP contribution is -2.29. The zero-order valence-corrected chi connectivity index (χ0v) is 19.8. The van der Waals surface area contributed by atoms with E-state index in [9.17, 15) is 9.59 Å². The second kappa shape index (κ2) is 11.7. The van der Waals surface area contributed by atoms with E-state index in [1.54, 1.807) is 31.3 Å². The molecule has 3 rings (SSSR count). The predicted octanol–water partition coefficient (Wildman–Crippen LogP) is 5.10. The number of hydrogen-bond acceptors (Lipinski definition) is 6. The van der Waals surface area contributed by atoms with Gasteiger partial charge in [0.1, 0.15) is 15.8 Å². The van der Waals surface area contributed by atoms with E-state index in [0.717, 1.165) is 36.3 Å². The number of thioether (sulfide) groups is 1. The number of ether oxygens (including phenoxy) is 2. The number of unbranched alkanes of at least 4 members (excludes halogenated alkanes) is 2. The van der Waals surface area contributed by atoms with Crippen molar-refractivity contribution in [3.05, 3.63) is 59.0 Å². The molecule has 1 aliphatic heterocycles. The second-order valence-corrected chi connectivity index (χ2v) is 8.84. The molecule has 2 aromatic carbocycles. The molecular weight excluding hydrogens is 444 g/mol. The quantitative estimate of drug-likeness (QED) is 0.296. The van der Waals surface area contributed by atoms with Gasteiger partial charge in [-0.1, -0.05) is 48.6 Å². The number of thiocarbonyl (C=S) groups is 1. The normalized spacial score (nSPS) is 14.7. The summed E-state index contributed by atoms with van der Waals surface area (Å²) in [5.41, 5.74) is 1.59. The molecule has 0 aliphatic carbocycles. The fourth-order valence-electron chi connectivity index (χ4n) is 3.25. The number of anilines is 1. The molecule has 168 valence electrons. The summed E-state index contributed by atoms with van der Waals surface area (Å²) in [4.78, 5) is 27.1. The fraction of sp³-hybridized carbons (Fsp3) is 0.292. The molecule has 2 amide bonds. The Morgan fingerprint density at radius 3 is 2.53 bits per heavy atom. The van der Waals surface area contributed by atoms with Crippen molar-refractivity contribution >= 4 is 51.9 Å². The maximum atomic E-state index is 12.8. The van der Waals surface area contributed by atoms with Gasteiger partial charge in [0.2, 0.25) is 5.91 Å². The lowest BCUT2D eigenvalue weighted by molar-refractivity contribution is -0.122. The average molecular weight is 471 g/mol. The summed E-state index contributed by atoms with van der Waals surface area (Å²) in [5.74, 6) is 1.35. The lowest BCUT2D eigenvalue weighted by atomic mass is 10.1. The largest absolute Gasteiger partial charge is 0.497 e. The molecule has 32 heavy (non-hydrogen) atoms. The molecule has 6 nitrogen and oxygen atoms in total. The van der Waals surface area contributed by atoms with Crippen molar-refractivity contribution < 1.29 is 19.1 Å². The molecule has 0 unspecified atom stereocenters. The maximum Gasteiger partial charge on any atom is 0.266 e. The summed E-state index contributed by atoms with van der Waals surface area (Å²) in [6, 6.07) is 14.8. The number of carbonyl (C=O) groups excluding carboxylic acids is 2. The molecule has 1 fully saturated rings. The Kier molecular flexibility index (Phi) is 8.70. The Morgan fingerprint density at radius 1 is 1.06 bits per heavy atom. The Hall–Kier alpha value is -2.84. The molecule has 8 heteroatoms. The molecule has 1 N–H and O–H groups in total. The third kappa shape index (κ3) is 6.34. The van der Waals surface area contributed by atoms with Crippen LogP contribution in [0, 0.1) is 0 Å². The number of hydrogen-bond donors (Lipinski definition) is 1. The second-order valence-electron chi connectivity index (χ2n) is 7.16. The van der Waals surface area contributed by atoms with Crippen LogP contribution >= 0.6 is 24.0 Å². The van der Waals surface area contributed by atoms with E-state index in [0.29, 0.717) is 27.9 Å². The topological polar surface area (TPSA) is 67.9 Å². The fourth-order valence-corrected chi connectivity index (χ4v) is 4.55. The van der Waals surface area contributed by atoms with E-state index in [1.807, 2.05) is 42.5 Å². The minimum atomic E-state index is -0.0804. The first-order chi connectivity index (χ1) is 15.5. The molecule has 1 heterocycles. The van der Waals surface area contributed by atoms with Crippen molar-refractivity contribution in [3.63, 3.8) is 0 Å². The van der Waals surface area contributed by atoms with E-state index < -0.39 is 0 Å². The molecule has 1 aliphatic rings. The summed E-state index contributed by atoms with van der Waals surface area (Å²) >= 11 is 6.71. The third-order valence-electron chi connectivity index (χ3n) is 4.96. The van der Waals surface area contributed by atoms with E-state index in [-0.39, 0.29) is 11.8 Å². The van der Waals surface area contributed by atoms with Crippen LogP contribution in [0.15, 0.2) is 53.4 Å². The summed E-state index contributed by atoms with van der Waals surface area (Å²) in [7, 11) is 3.21. The molecule has 0 saturated carbocycles. The number of amides is 2. The molecule has 0 spiro atoms. The first-order valence-corrected chi connectivity index (χ1v) is 11.6. The average Bonchev–Trinajstić information content (AvgIpc) is 3.07. The molecule has 0 atom stereocenters. The summed E-state index contributed by atoms with van der Waals surface area (Å²) < 4.78 is 11.0. The van der Waals surface area contributed by atoms with Crippen molar-refractivity contribution in [1.29, 1.82) is 0 Å². The number of nitrogens with zero attached hydrogens (tertiary/aromatic N) is 1. The minimum absolute atomic E-state index is 0.0273. The van der Waals surface area contributed by atoms with Gasteiger partial charge >= 0.3 is 0 Å². The molecule has 0 radical (unpaired) electrons. The van der Waals surface area contributed by atoms with Crippen molar-refractivity contribution in [2.24, 2.45) is 0 Å². The highest BCUT2D eigenvalue weighted by Gasteiger charge is 2.31. The van der Waals surface area contributed by atoms with Gasteiger partial charge < -0.3 is 14.8 Å². The van der Waals surface area contributed by atoms with Gasteiger partial charge in [0.25, 0.3) is 5.91 Å². The van der Waals surface area contributed by atoms with Gasteiger partial charge in [0.15, 0.2) is 0 Å². The number of rotatable bonds is 10. The monoisotopic (exact) mass is 470 g/mol. The molecule has 2 aromatic rings. The smallest absolute Gasteiger partial charge is 0.266 e. The minimum Gasteiger partial charge on any atom is -0.497 e. The Bertz CT molecular complexity index is 1010. The van der Waals surface area contributed by atoms with E-state index >= 15 is 0 Å². The first-order valence-electron chi connectivity index (χ1n) is 10.3. The Morgan fingerprint density at radius 2 is 1.81 bits per heavy atom. The van der Waals surface area contributed by atoms with Crippen molar-refractivity contribution in [2.75, 3.05) is 26.1 Å². The third-order valence-corrected chi connectivity index (χ3v) is 6.34. The van der Waals surface area contributed by atoms with Crippen molar-refractivity contribution in [2.45, 2.75) is 25.7 Å². The van der Waals surface area contributed by atoms with Gasteiger partial charge in [-0.05, 0) is 49.2 Å². The highest BCUT2D eigenvalue weighted by molar-refractivity contribution is 8.26. The van der Waals surface area contributed by atoms with E-state index in [4.69, 9.17) is 21.7 Å². The standard InChI is InChI=1S/C24H26N2O4S2/c1-29-19-13-11-18(12-14-19)25-22(27)10-4-3-7-15-26-23(28)21(32-24(26)31)16-17-8-5-6-9-20(17)30-2/h5-6,8-9,11-14,16H,3-4,7,10,15H2,1-2H3,(H,25,27)/b21-16-. The Labute approximate surface area is 198 Å². The molecule has 0 aromatic heterocycles. The van der Waals surface area contributed by atoms with E-state index in [2.05, 4.69) is 5.32 Å². The van der Waals surface area contributed by atoms with Crippen molar-refractivity contribution in [1.82, 2.24) is 4.90 Å². The van der Waals surface area contributed by atoms with Gasteiger partial charge in [-0.3, -0.25) is 14.5 Å². The van der Waals surface area contributed by atoms with Crippen LogP contribution in [0.3, 0.4) is 0 Å². The van der Waals surface area contributed by atoms with Gasteiger partial charge in [0.05, 0.1) is 19.1 Å².